The summed E-state index contributed by atoms with van der Waals surface area (Å²) in [6.07, 6.45) is 0. The Labute approximate surface area is 119 Å². The second kappa shape index (κ2) is 5.95. The summed E-state index contributed by atoms with van der Waals surface area (Å²) in [6.45, 7) is 4.22. The molecule has 0 aliphatic carbocycles. The van der Waals surface area contributed by atoms with Gasteiger partial charge in [0.1, 0.15) is 5.82 Å². The van der Waals surface area contributed by atoms with Crippen molar-refractivity contribution >= 4 is 27.3 Å². The maximum absolute atomic E-state index is 12.9. The Kier molecular flexibility index (Phi) is 4.54. The Morgan fingerprint density at radius 1 is 1.11 bits per heavy atom. The van der Waals surface area contributed by atoms with E-state index in [1.54, 1.807) is 11.3 Å². The lowest BCUT2D eigenvalue weighted by atomic mass is 10.1. The quantitative estimate of drug-likeness (QED) is 0.827. The zero-order valence-electron chi connectivity index (χ0n) is 10.3. The highest BCUT2D eigenvalue weighted by Crippen LogP contribution is 2.30. The van der Waals surface area contributed by atoms with Crippen molar-refractivity contribution in [1.29, 1.82) is 0 Å². The molecule has 0 spiro atoms. The van der Waals surface area contributed by atoms with E-state index in [0.717, 1.165) is 10.0 Å². The van der Waals surface area contributed by atoms with Crippen LogP contribution in [0.4, 0.5) is 4.39 Å². The highest BCUT2D eigenvalue weighted by Gasteiger charge is 2.14. The number of hydrogen-bond acceptors (Lipinski definition) is 2. The van der Waals surface area contributed by atoms with Crippen LogP contribution in [0.1, 0.15) is 36.4 Å². The average molecular weight is 328 g/mol. The first kappa shape index (κ1) is 13.7. The average Bonchev–Trinajstić information content (AvgIpc) is 2.76. The highest BCUT2D eigenvalue weighted by atomic mass is 79.9. The lowest BCUT2D eigenvalue weighted by Gasteiger charge is -2.20. The Bertz CT molecular complexity index is 509. The summed E-state index contributed by atoms with van der Waals surface area (Å²) in [4.78, 5) is 1.28. The summed E-state index contributed by atoms with van der Waals surface area (Å²) in [5.74, 6) is -0.194. The van der Waals surface area contributed by atoms with Crippen molar-refractivity contribution in [1.82, 2.24) is 5.32 Å². The van der Waals surface area contributed by atoms with Crippen LogP contribution in [-0.4, -0.2) is 0 Å². The predicted octanol–water partition coefficient (Wildman–Crippen LogP) is 5.06. The normalized spacial score (nSPS) is 14.4. The summed E-state index contributed by atoms with van der Waals surface area (Å²) in [6, 6.07) is 9.15. The molecule has 1 heterocycles. The maximum atomic E-state index is 12.9. The van der Waals surface area contributed by atoms with Gasteiger partial charge in [-0.1, -0.05) is 12.1 Å². The Morgan fingerprint density at radius 3 is 2.33 bits per heavy atom. The fraction of sp³-hybridized carbons (Fsp3) is 0.286. The Balaban J connectivity index is 2.05. The molecule has 0 saturated heterocycles. The van der Waals surface area contributed by atoms with Crippen LogP contribution in [0.25, 0.3) is 0 Å². The van der Waals surface area contributed by atoms with Crippen molar-refractivity contribution in [3.63, 3.8) is 0 Å². The second-order valence-corrected chi connectivity index (χ2v) is 6.10. The molecule has 1 aromatic carbocycles. The third-order valence-corrected chi connectivity index (χ3v) is 4.96. The maximum Gasteiger partial charge on any atom is 0.123 e. The van der Waals surface area contributed by atoms with Gasteiger partial charge in [-0.05, 0) is 58.9 Å². The van der Waals surface area contributed by atoms with Crippen LogP contribution in [0.5, 0.6) is 0 Å². The molecule has 0 bridgehead atoms. The van der Waals surface area contributed by atoms with Crippen LogP contribution in [-0.2, 0) is 0 Å². The van der Waals surface area contributed by atoms with E-state index in [1.807, 2.05) is 12.1 Å². The highest BCUT2D eigenvalue weighted by molar-refractivity contribution is 9.10. The predicted molar refractivity (Wildman–Crippen MR) is 78.4 cm³/mol. The van der Waals surface area contributed by atoms with Gasteiger partial charge in [-0.25, -0.2) is 4.39 Å². The molecule has 0 aliphatic heterocycles. The van der Waals surface area contributed by atoms with Gasteiger partial charge < -0.3 is 5.32 Å². The second-order valence-electron chi connectivity index (χ2n) is 4.29. The van der Waals surface area contributed by atoms with Crippen LogP contribution in [0.15, 0.2) is 40.2 Å². The lowest BCUT2D eigenvalue weighted by molar-refractivity contribution is 0.498. The number of thiophene rings is 1. The van der Waals surface area contributed by atoms with Crippen LogP contribution in [0, 0.1) is 5.82 Å². The van der Waals surface area contributed by atoms with Crippen molar-refractivity contribution in [2.45, 2.75) is 25.9 Å². The van der Waals surface area contributed by atoms with Crippen molar-refractivity contribution in [3.05, 3.63) is 56.4 Å². The largest absolute Gasteiger partial charge is 0.303 e. The number of rotatable bonds is 4. The van der Waals surface area contributed by atoms with Gasteiger partial charge in [0.25, 0.3) is 0 Å². The first-order valence-electron chi connectivity index (χ1n) is 5.82. The molecule has 1 N–H and O–H groups in total. The molecule has 2 aromatic rings. The molecule has 0 fully saturated rings. The number of benzene rings is 1. The van der Waals surface area contributed by atoms with E-state index >= 15 is 0 Å². The molecule has 1 nitrogen and oxygen atoms in total. The minimum atomic E-state index is -0.194. The minimum absolute atomic E-state index is 0.189. The van der Waals surface area contributed by atoms with E-state index in [-0.39, 0.29) is 17.9 Å². The van der Waals surface area contributed by atoms with Gasteiger partial charge in [0.2, 0.25) is 0 Å². The van der Waals surface area contributed by atoms with Crippen LogP contribution >= 0.6 is 27.3 Å². The fourth-order valence-corrected chi connectivity index (χ4v) is 3.65. The Hall–Kier alpha value is -0.710. The van der Waals surface area contributed by atoms with Crippen molar-refractivity contribution in [2.24, 2.45) is 0 Å². The summed E-state index contributed by atoms with van der Waals surface area (Å²) >= 11 is 5.27. The molecule has 0 aliphatic rings. The lowest BCUT2D eigenvalue weighted by Crippen LogP contribution is -2.22. The summed E-state index contributed by atoms with van der Waals surface area (Å²) in [5.41, 5.74) is 1.09. The Morgan fingerprint density at radius 2 is 1.78 bits per heavy atom. The van der Waals surface area contributed by atoms with Gasteiger partial charge in [0.15, 0.2) is 0 Å². The molecule has 0 radical (unpaired) electrons. The molecule has 18 heavy (non-hydrogen) atoms. The van der Waals surface area contributed by atoms with Gasteiger partial charge >= 0.3 is 0 Å². The standard InChI is InChI=1S/C14H15BrFNS/c1-9(11-3-5-12(16)6-4-11)17-10(2)14-13(15)7-8-18-14/h3-10,17H,1-2H3/t9-,10?/m1/s1. The van der Waals surface area contributed by atoms with Crippen LogP contribution < -0.4 is 5.32 Å². The first-order chi connectivity index (χ1) is 8.58. The summed E-state index contributed by atoms with van der Waals surface area (Å²) < 4.78 is 14.0. The molecular weight excluding hydrogens is 313 g/mol. The zero-order chi connectivity index (χ0) is 13.1. The van der Waals surface area contributed by atoms with E-state index in [2.05, 4.69) is 46.5 Å². The minimum Gasteiger partial charge on any atom is -0.303 e. The molecule has 0 saturated carbocycles. The van der Waals surface area contributed by atoms with Gasteiger partial charge in [-0.2, -0.15) is 0 Å². The molecule has 2 rings (SSSR count). The molecule has 1 aromatic heterocycles. The topological polar surface area (TPSA) is 12.0 Å². The van der Waals surface area contributed by atoms with Gasteiger partial charge in [0, 0.05) is 21.4 Å². The zero-order valence-corrected chi connectivity index (χ0v) is 12.7. The van der Waals surface area contributed by atoms with E-state index in [9.17, 15) is 4.39 Å². The third-order valence-electron chi connectivity index (χ3n) is 2.91. The SMILES string of the molecule is CC(N[C@H](C)c1ccc(F)cc1)c1sccc1Br. The van der Waals surface area contributed by atoms with Gasteiger partial charge in [-0.15, -0.1) is 11.3 Å². The molecule has 1 unspecified atom stereocenters. The molecule has 2 atom stereocenters. The molecule has 96 valence electrons. The number of nitrogens with one attached hydrogen (secondary N) is 1. The van der Waals surface area contributed by atoms with E-state index in [0.29, 0.717) is 0 Å². The summed E-state index contributed by atoms with van der Waals surface area (Å²) in [7, 11) is 0. The first-order valence-corrected chi connectivity index (χ1v) is 7.49. The van der Waals surface area contributed by atoms with Crippen molar-refractivity contribution < 1.29 is 4.39 Å². The van der Waals surface area contributed by atoms with Crippen LogP contribution in [0.2, 0.25) is 0 Å². The number of hydrogen-bond donors (Lipinski definition) is 1. The summed E-state index contributed by atoms with van der Waals surface area (Å²) in [5, 5.41) is 5.59. The van der Waals surface area contributed by atoms with Crippen molar-refractivity contribution in [3.8, 4) is 0 Å². The van der Waals surface area contributed by atoms with Crippen LogP contribution in [0.3, 0.4) is 0 Å². The van der Waals surface area contributed by atoms with Gasteiger partial charge in [0.05, 0.1) is 0 Å². The third kappa shape index (κ3) is 3.19. The number of halogens is 2. The van der Waals surface area contributed by atoms with Crippen molar-refractivity contribution in [2.75, 3.05) is 0 Å². The van der Waals surface area contributed by atoms with E-state index in [4.69, 9.17) is 0 Å². The smallest absolute Gasteiger partial charge is 0.123 e. The molecular formula is C14H15BrFNS. The molecule has 0 amide bonds. The molecule has 4 heteroatoms. The fourth-order valence-electron chi connectivity index (χ4n) is 1.91. The van der Waals surface area contributed by atoms with Gasteiger partial charge in [-0.3, -0.25) is 0 Å². The van der Waals surface area contributed by atoms with E-state index < -0.39 is 0 Å². The van der Waals surface area contributed by atoms with E-state index in [1.165, 1.54) is 17.0 Å². The monoisotopic (exact) mass is 327 g/mol.